The quantitative estimate of drug-likeness (QED) is 0.797. The van der Waals surface area contributed by atoms with E-state index in [1.807, 2.05) is 26.0 Å². The van der Waals surface area contributed by atoms with Gasteiger partial charge in [-0.25, -0.2) is 0 Å². The summed E-state index contributed by atoms with van der Waals surface area (Å²) < 4.78 is 16.3. The van der Waals surface area contributed by atoms with Crippen LogP contribution in [0.4, 0.5) is 0 Å². The summed E-state index contributed by atoms with van der Waals surface area (Å²) in [7, 11) is -2.15. The molecule has 0 aliphatic heterocycles. The molecule has 0 radical (unpaired) electrons. The molecule has 17 heavy (non-hydrogen) atoms. The molecule has 1 aromatic rings. The van der Waals surface area contributed by atoms with Gasteiger partial charge in [0.1, 0.15) is 0 Å². The van der Waals surface area contributed by atoms with Crippen molar-refractivity contribution in [1.29, 1.82) is 0 Å². The van der Waals surface area contributed by atoms with E-state index in [1.165, 1.54) is 0 Å². The molecule has 1 aromatic carbocycles. The van der Waals surface area contributed by atoms with Gasteiger partial charge < -0.3 is 0 Å². The van der Waals surface area contributed by atoms with Gasteiger partial charge in [-0.15, -0.1) is 0 Å². The molecule has 98 valence electrons. The molecule has 0 saturated carbocycles. The van der Waals surface area contributed by atoms with Gasteiger partial charge in [0.05, 0.1) is 0 Å². The average molecular weight is 260 g/mol. The number of ether oxygens (including phenoxy) is 1. The summed E-state index contributed by atoms with van der Waals surface area (Å²) in [5, 5.41) is 0.638. The zero-order chi connectivity index (χ0) is 13.0. The van der Waals surface area contributed by atoms with Crippen LogP contribution in [0.2, 0.25) is 0 Å². The average Bonchev–Trinajstić information content (AvgIpc) is 2.29. The molecule has 0 fully saturated rings. The molecule has 1 rings (SSSR count). The zero-order valence-electron chi connectivity index (χ0n) is 10.8. The van der Waals surface area contributed by atoms with Crippen molar-refractivity contribution in [2.75, 3.05) is 27.0 Å². The van der Waals surface area contributed by atoms with Crippen molar-refractivity contribution in [1.82, 2.24) is 0 Å². The Morgan fingerprint density at radius 3 is 2.24 bits per heavy atom. The van der Waals surface area contributed by atoms with Gasteiger partial charge in [0.25, 0.3) is 0 Å². The van der Waals surface area contributed by atoms with Crippen LogP contribution in [-0.4, -0.2) is 31.9 Å². The topological polar surface area (TPSA) is 47.9 Å². The van der Waals surface area contributed by atoms with Crippen LogP contribution in [0.3, 0.4) is 0 Å². The number of hydrogen-bond acceptors (Lipinski definition) is 4. The Kier molecular flexibility index (Phi) is 4.50. The van der Waals surface area contributed by atoms with E-state index in [2.05, 4.69) is 0 Å². The third kappa shape index (κ3) is 3.17. The Labute approximate surface area is 103 Å². The number of rotatable bonds is 6. The molecule has 0 atom stereocenters. The van der Waals surface area contributed by atoms with Crippen molar-refractivity contribution in [2.24, 2.45) is 0 Å². The molecular weight excluding hydrogens is 239 g/mol. The van der Waals surface area contributed by atoms with Gasteiger partial charge >= 0.3 is 102 Å². The predicted molar refractivity (Wildman–Crippen MR) is 70.9 cm³/mol. The van der Waals surface area contributed by atoms with Crippen LogP contribution >= 0.6 is 7.28 Å². The fraction of sp³-hybridized carbons (Fsp3) is 0.500. The van der Waals surface area contributed by atoms with Crippen LogP contribution in [0.1, 0.15) is 13.8 Å². The number of benzene rings is 1. The molecule has 5 heteroatoms. The zero-order valence-corrected chi connectivity index (χ0v) is 11.7. The van der Waals surface area contributed by atoms with Crippen LogP contribution in [0.5, 0.6) is 5.75 Å². The van der Waals surface area contributed by atoms with E-state index in [1.54, 1.807) is 25.9 Å². The van der Waals surface area contributed by atoms with Crippen molar-refractivity contribution in [3.63, 3.8) is 0 Å². The molecule has 4 nitrogen and oxygen atoms in total. The molecule has 0 amide bonds. The van der Waals surface area contributed by atoms with E-state index in [0.29, 0.717) is 24.3 Å². The van der Waals surface area contributed by atoms with Crippen molar-refractivity contribution in [3.05, 3.63) is 24.3 Å². The molecule has 0 aliphatic carbocycles. The second kappa shape index (κ2) is 5.32. The van der Waals surface area contributed by atoms with Crippen molar-refractivity contribution in [2.45, 2.75) is 13.8 Å². The van der Waals surface area contributed by atoms with Crippen LogP contribution in [0, 0.1) is 0 Å². The Morgan fingerprint density at radius 2 is 1.76 bits per heavy atom. The minimum absolute atomic E-state index is 0.391. The van der Waals surface area contributed by atoms with Crippen molar-refractivity contribution in [3.8, 4) is 5.75 Å². The Bertz CT molecular complexity index is 369. The molecule has 0 saturated heterocycles. The first-order valence-corrected chi connectivity index (χ1v) is 8.13. The van der Waals surface area contributed by atoms with Crippen LogP contribution in [0.15, 0.2) is 24.3 Å². The Balaban J connectivity index is 3.21. The third-order valence-corrected chi connectivity index (χ3v) is 5.68. The molecule has 0 heterocycles. The molecule has 0 aromatic heterocycles. The van der Waals surface area contributed by atoms with E-state index >= 15 is 0 Å². The fourth-order valence-corrected chi connectivity index (χ4v) is 4.15. The summed E-state index contributed by atoms with van der Waals surface area (Å²) in [4.78, 5) is 10.8. The predicted octanol–water partition coefficient (Wildman–Crippen LogP) is 2.31. The molecule has 0 aliphatic rings. The summed E-state index contributed by atoms with van der Waals surface area (Å²) in [5.41, 5.74) is 0. The maximum atomic E-state index is 10.8. The standard InChI is InChI=1S/C12H21O4P/c1-5-15-17(4,13,16-6-2)12-9-7-8-11(10-12)14-3/h7-10,13H,5-6H2,1-4H3. The third-order valence-electron chi connectivity index (χ3n) is 2.50. The van der Waals surface area contributed by atoms with Gasteiger partial charge in [0.2, 0.25) is 0 Å². The van der Waals surface area contributed by atoms with Gasteiger partial charge in [-0.3, -0.25) is 0 Å². The number of methoxy groups -OCH3 is 1. The second-order valence-corrected chi connectivity index (χ2v) is 7.50. The molecule has 0 unspecified atom stereocenters. The monoisotopic (exact) mass is 260 g/mol. The van der Waals surface area contributed by atoms with Gasteiger partial charge in [-0.1, -0.05) is 0 Å². The molecule has 0 spiro atoms. The van der Waals surface area contributed by atoms with Crippen LogP contribution in [-0.2, 0) is 9.05 Å². The summed E-state index contributed by atoms with van der Waals surface area (Å²) in [6, 6.07) is 7.18. The summed E-state index contributed by atoms with van der Waals surface area (Å²) in [5.74, 6) is 0.673. The van der Waals surface area contributed by atoms with Gasteiger partial charge in [-0.05, 0) is 0 Å². The Hall–Kier alpha value is -0.670. The van der Waals surface area contributed by atoms with Gasteiger partial charge in [-0.2, -0.15) is 0 Å². The van der Waals surface area contributed by atoms with E-state index < -0.39 is 7.28 Å². The normalized spacial score (nSPS) is 14.1. The summed E-state index contributed by atoms with van der Waals surface area (Å²) in [6.45, 7) is 6.08. The maximum absolute atomic E-state index is 10.8. The molecule has 1 N–H and O–H groups in total. The SMILES string of the molecule is CCOP(C)(O)(OCC)c1cccc(OC)c1. The Morgan fingerprint density at radius 1 is 1.18 bits per heavy atom. The van der Waals surface area contributed by atoms with Gasteiger partial charge in [0.15, 0.2) is 0 Å². The van der Waals surface area contributed by atoms with E-state index in [-0.39, 0.29) is 0 Å². The van der Waals surface area contributed by atoms with E-state index in [4.69, 9.17) is 13.8 Å². The first-order chi connectivity index (χ1) is 7.95. The van der Waals surface area contributed by atoms with E-state index in [9.17, 15) is 4.89 Å². The minimum atomic E-state index is -3.73. The molecule has 0 bridgehead atoms. The first kappa shape index (κ1) is 14.4. The van der Waals surface area contributed by atoms with Gasteiger partial charge in [0, 0.05) is 0 Å². The first-order valence-electron chi connectivity index (χ1n) is 5.66. The second-order valence-electron chi connectivity index (χ2n) is 3.85. The number of hydrogen-bond donors (Lipinski definition) is 1. The van der Waals surface area contributed by atoms with E-state index in [0.717, 1.165) is 0 Å². The van der Waals surface area contributed by atoms with Crippen molar-refractivity contribution >= 4 is 12.6 Å². The molecular formula is C12H21O4P. The fourth-order valence-electron chi connectivity index (χ4n) is 1.72. The van der Waals surface area contributed by atoms with Crippen LogP contribution in [0.25, 0.3) is 0 Å². The van der Waals surface area contributed by atoms with Crippen molar-refractivity contribution < 1.29 is 18.7 Å². The summed E-state index contributed by atoms with van der Waals surface area (Å²) >= 11 is 0. The summed E-state index contributed by atoms with van der Waals surface area (Å²) in [6.07, 6.45) is 0. The van der Waals surface area contributed by atoms with Crippen LogP contribution < -0.4 is 10.0 Å².